The zero-order chi connectivity index (χ0) is 11.9. The molecule has 0 aliphatic heterocycles. The maximum Gasteiger partial charge on any atom is 0.246 e. The Bertz CT molecular complexity index is 215. The van der Waals surface area contributed by atoms with Crippen LogP contribution in [0.25, 0.3) is 0 Å². The molecule has 0 heterocycles. The number of nitrogens with two attached hydrogens (primary N) is 1. The molecule has 0 aromatic heterocycles. The minimum absolute atomic E-state index is 0.0211. The normalized spacial score (nSPS) is 19.4. The summed E-state index contributed by atoms with van der Waals surface area (Å²) < 4.78 is 5.00. The van der Waals surface area contributed by atoms with E-state index in [4.69, 9.17) is 10.5 Å². The van der Waals surface area contributed by atoms with E-state index >= 15 is 0 Å². The Hall–Kier alpha value is -0.650. The van der Waals surface area contributed by atoms with Crippen molar-refractivity contribution in [1.29, 1.82) is 0 Å². The summed E-state index contributed by atoms with van der Waals surface area (Å²) in [7, 11) is 0. The molecule has 0 unspecified atom stereocenters. The molecule has 1 aliphatic carbocycles. The van der Waals surface area contributed by atoms with Crippen LogP contribution < -0.4 is 11.1 Å². The van der Waals surface area contributed by atoms with Gasteiger partial charge in [-0.1, -0.05) is 19.3 Å². The molecule has 1 aliphatic rings. The highest BCUT2D eigenvalue weighted by molar-refractivity contribution is 5.77. The summed E-state index contributed by atoms with van der Waals surface area (Å²) in [5.41, 5.74) is 4.52. The molecular weight excluding hydrogens is 208 g/mol. The van der Waals surface area contributed by atoms with E-state index in [0.29, 0.717) is 19.7 Å². The molecule has 5 heteroatoms. The van der Waals surface area contributed by atoms with Crippen LogP contribution in [-0.4, -0.2) is 42.9 Å². The molecule has 0 radical (unpaired) electrons. The van der Waals surface area contributed by atoms with Crippen molar-refractivity contribution in [3.8, 4) is 0 Å². The van der Waals surface area contributed by atoms with Crippen molar-refractivity contribution < 1.29 is 14.6 Å². The summed E-state index contributed by atoms with van der Waals surface area (Å²) in [5.74, 6) is -0.188. The van der Waals surface area contributed by atoms with Crippen molar-refractivity contribution in [3.63, 3.8) is 0 Å². The van der Waals surface area contributed by atoms with E-state index < -0.39 is 5.60 Å². The monoisotopic (exact) mass is 230 g/mol. The first-order valence-electron chi connectivity index (χ1n) is 5.93. The Morgan fingerprint density at radius 3 is 2.69 bits per heavy atom. The zero-order valence-corrected chi connectivity index (χ0v) is 9.71. The Labute approximate surface area is 96.3 Å². The van der Waals surface area contributed by atoms with Gasteiger partial charge in [-0.25, -0.2) is 0 Å². The van der Waals surface area contributed by atoms with Crippen LogP contribution in [0, 0.1) is 0 Å². The van der Waals surface area contributed by atoms with Gasteiger partial charge in [-0.15, -0.1) is 0 Å². The van der Waals surface area contributed by atoms with E-state index in [-0.39, 0.29) is 12.5 Å². The predicted molar refractivity (Wildman–Crippen MR) is 60.9 cm³/mol. The molecule has 0 aromatic carbocycles. The Balaban J connectivity index is 2.14. The summed E-state index contributed by atoms with van der Waals surface area (Å²) in [6.07, 6.45) is 4.80. The number of aliphatic hydroxyl groups is 1. The van der Waals surface area contributed by atoms with Gasteiger partial charge in [0.1, 0.15) is 6.61 Å². The highest BCUT2D eigenvalue weighted by Gasteiger charge is 2.29. The van der Waals surface area contributed by atoms with Gasteiger partial charge in [-0.3, -0.25) is 4.79 Å². The second-order valence-electron chi connectivity index (χ2n) is 4.40. The summed E-state index contributed by atoms with van der Waals surface area (Å²) in [4.78, 5) is 11.3. The molecule has 0 bridgehead atoms. The summed E-state index contributed by atoms with van der Waals surface area (Å²) >= 11 is 0. The fourth-order valence-electron chi connectivity index (χ4n) is 1.95. The maximum atomic E-state index is 11.3. The molecule has 0 spiro atoms. The van der Waals surface area contributed by atoms with Gasteiger partial charge >= 0.3 is 0 Å². The SMILES string of the molecule is NCCOCC(=O)NCC1(O)CCCCC1. The quantitative estimate of drug-likeness (QED) is 0.550. The maximum absolute atomic E-state index is 11.3. The first-order chi connectivity index (χ1) is 7.66. The highest BCUT2D eigenvalue weighted by Crippen LogP contribution is 2.27. The van der Waals surface area contributed by atoms with Crippen molar-refractivity contribution in [3.05, 3.63) is 0 Å². The number of ether oxygens (including phenoxy) is 1. The van der Waals surface area contributed by atoms with Crippen molar-refractivity contribution >= 4 is 5.91 Å². The molecular formula is C11H22N2O3. The minimum Gasteiger partial charge on any atom is -0.388 e. The fraction of sp³-hybridized carbons (Fsp3) is 0.909. The van der Waals surface area contributed by atoms with Gasteiger partial charge < -0.3 is 20.9 Å². The van der Waals surface area contributed by atoms with E-state index in [1.165, 1.54) is 6.42 Å². The van der Waals surface area contributed by atoms with Crippen LogP contribution in [0.1, 0.15) is 32.1 Å². The molecule has 5 nitrogen and oxygen atoms in total. The van der Waals surface area contributed by atoms with Crippen molar-refractivity contribution in [2.45, 2.75) is 37.7 Å². The topological polar surface area (TPSA) is 84.6 Å². The lowest BCUT2D eigenvalue weighted by molar-refractivity contribution is -0.127. The highest BCUT2D eigenvalue weighted by atomic mass is 16.5. The lowest BCUT2D eigenvalue weighted by Crippen LogP contribution is -2.45. The van der Waals surface area contributed by atoms with Gasteiger partial charge in [0.2, 0.25) is 5.91 Å². The lowest BCUT2D eigenvalue weighted by atomic mass is 9.85. The van der Waals surface area contributed by atoms with Gasteiger partial charge in [0.15, 0.2) is 0 Å². The van der Waals surface area contributed by atoms with Gasteiger partial charge in [0.25, 0.3) is 0 Å². The average molecular weight is 230 g/mol. The van der Waals surface area contributed by atoms with Gasteiger partial charge in [-0.05, 0) is 12.8 Å². The number of rotatable bonds is 6. The minimum atomic E-state index is -0.707. The summed E-state index contributed by atoms with van der Waals surface area (Å²) in [5, 5.41) is 12.8. The standard InChI is InChI=1S/C11H22N2O3/c12-6-7-16-8-10(14)13-9-11(15)4-2-1-3-5-11/h15H,1-9,12H2,(H,13,14). The van der Waals surface area contributed by atoms with Gasteiger partial charge in [-0.2, -0.15) is 0 Å². The summed E-state index contributed by atoms with van der Waals surface area (Å²) in [6.45, 7) is 1.15. The largest absolute Gasteiger partial charge is 0.388 e. The van der Waals surface area contributed by atoms with E-state index in [2.05, 4.69) is 5.32 Å². The molecule has 0 atom stereocenters. The third-order valence-electron chi connectivity index (χ3n) is 2.89. The third kappa shape index (κ3) is 4.92. The molecule has 94 valence electrons. The van der Waals surface area contributed by atoms with Crippen LogP contribution in [0.3, 0.4) is 0 Å². The average Bonchev–Trinajstić information content (AvgIpc) is 2.28. The first kappa shape index (κ1) is 13.4. The molecule has 1 amide bonds. The van der Waals surface area contributed by atoms with Crippen molar-refractivity contribution in [2.75, 3.05) is 26.3 Å². The molecule has 1 saturated carbocycles. The molecule has 1 rings (SSSR count). The van der Waals surface area contributed by atoms with Crippen LogP contribution in [-0.2, 0) is 9.53 Å². The fourth-order valence-corrected chi connectivity index (χ4v) is 1.95. The number of hydrogen-bond donors (Lipinski definition) is 3. The summed E-state index contributed by atoms with van der Waals surface area (Å²) in [6, 6.07) is 0. The Kier molecular flexibility index (Phi) is 5.73. The van der Waals surface area contributed by atoms with Crippen LogP contribution in [0.2, 0.25) is 0 Å². The predicted octanol–water partition coefficient (Wildman–Crippen LogP) is -0.227. The third-order valence-corrected chi connectivity index (χ3v) is 2.89. The van der Waals surface area contributed by atoms with E-state index in [0.717, 1.165) is 25.7 Å². The number of amides is 1. The Morgan fingerprint density at radius 2 is 2.06 bits per heavy atom. The number of carbonyl (C=O) groups is 1. The van der Waals surface area contributed by atoms with Crippen LogP contribution >= 0.6 is 0 Å². The molecule has 16 heavy (non-hydrogen) atoms. The smallest absolute Gasteiger partial charge is 0.246 e. The van der Waals surface area contributed by atoms with E-state index in [1.807, 2.05) is 0 Å². The van der Waals surface area contributed by atoms with Crippen LogP contribution in [0.4, 0.5) is 0 Å². The van der Waals surface area contributed by atoms with Gasteiger partial charge in [0.05, 0.1) is 12.2 Å². The first-order valence-corrected chi connectivity index (χ1v) is 5.93. The van der Waals surface area contributed by atoms with Crippen LogP contribution in [0.15, 0.2) is 0 Å². The number of hydrogen-bond acceptors (Lipinski definition) is 4. The van der Waals surface area contributed by atoms with Crippen molar-refractivity contribution in [1.82, 2.24) is 5.32 Å². The second-order valence-corrected chi connectivity index (χ2v) is 4.40. The molecule has 0 saturated heterocycles. The van der Waals surface area contributed by atoms with Gasteiger partial charge in [0, 0.05) is 13.1 Å². The number of nitrogens with one attached hydrogen (secondary N) is 1. The molecule has 1 fully saturated rings. The molecule has 4 N–H and O–H groups in total. The van der Waals surface area contributed by atoms with Crippen molar-refractivity contribution in [2.24, 2.45) is 5.73 Å². The van der Waals surface area contributed by atoms with E-state index in [1.54, 1.807) is 0 Å². The zero-order valence-electron chi connectivity index (χ0n) is 9.71. The number of carbonyl (C=O) groups excluding carboxylic acids is 1. The van der Waals surface area contributed by atoms with E-state index in [9.17, 15) is 9.90 Å². The second kappa shape index (κ2) is 6.83. The van der Waals surface area contributed by atoms with Crippen LogP contribution in [0.5, 0.6) is 0 Å². The molecule has 0 aromatic rings. The lowest BCUT2D eigenvalue weighted by Gasteiger charge is -2.32. The Morgan fingerprint density at radius 1 is 1.38 bits per heavy atom.